The fourth-order valence-electron chi connectivity index (χ4n) is 3.35. The number of hydrogen-bond donors (Lipinski definition) is 1. The van der Waals surface area contributed by atoms with Crippen LogP contribution in [0.1, 0.15) is 29.7 Å². The van der Waals surface area contributed by atoms with Gasteiger partial charge in [-0.1, -0.05) is 35.9 Å². The minimum Gasteiger partial charge on any atom is -0.324 e. The Labute approximate surface area is 179 Å². The van der Waals surface area contributed by atoms with Crippen molar-refractivity contribution >= 4 is 33.1 Å². The summed E-state index contributed by atoms with van der Waals surface area (Å²) in [5.41, 5.74) is 5.82. The molecule has 30 heavy (non-hydrogen) atoms. The van der Waals surface area contributed by atoms with Crippen LogP contribution in [0, 0.1) is 20.8 Å². The van der Waals surface area contributed by atoms with Crippen molar-refractivity contribution in [1.82, 2.24) is 9.55 Å². The van der Waals surface area contributed by atoms with Crippen LogP contribution in [0.15, 0.2) is 59.0 Å². The van der Waals surface area contributed by atoms with Crippen LogP contribution in [-0.2, 0) is 4.79 Å². The number of carbonyl (C=O) groups is 1. The molecule has 1 amide bonds. The van der Waals surface area contributed by atoms with E-state index in [1.54, 1.807) is 6.92 Å². The van der Waals surface area contributed by atoms with Gasteiger partial charge in [0.1, 0.15) is 10.9 Å². The lowest BCUT2D eigenvalue weighted by Crippen LogP contribution is -2.31. The number of carbonyl (C=O) groups excluding carboxylic acids is 1. The van der Waals surface area contributed by atoms with Gasteiger partial charge in [0, 0.05) is 16.6 Å². The number of amides is 1. The summed E-state index contributed by atoms with van der Waals surface area (Å²) in [6, 6.07) is 13.0. The van der Waals surface area contributed by atoms with Gasteiger partial charge in [0.15, 0.2) is 0 Å². The Morgan fingerprint density at radius 2 is 1.80 bits per heavy atom. The molecule has 0 aliphatic heterocycles. The monoisotopic (exact) mass is 417 g/mol. The highest BCUT2D eigenvalue weighted by Crippen LogP contribution is 2.32. The lowest BCUT2D eigenvalue weighted by Gasteiger charge is -2.15. The van der Waals surface area contributed by atoms with E-state index in [2.05, 4.69) is 36.3 Å². The van der Waals surface area contributed by atoms with Gasteiger partial charge in [-0.05, 0) is 56.5 Å². The average Bonchev–Trinajstić information content (AvgIpc) is 3.16. The number of anilines is 1. The Bertz CT molecular complexity index is 1300. The van der Waals surface area contributed by atoms with E-state index >= 15 is 0 Å². The van der Waals surface area contributed by atoms with Crippen molar-refractivity contribution in [2.75, 3.05) is 5.32 Å². The summed E-state index contributed by atoms with van der Waals surface area (Å²) in [5, 5.41) is 5.39. The van der Waals surface area contributed by atoms with E-state index in [0.29, 0.717) is 15.9 Å². The van der Waals surface area contributed by atoms with Crippen LogP contribution in [0.5, 0.6) is 0 Å². The van der Waals surface area contributed by atoms with Gasteiger partial charge in [0.05, 0.1) is 11.7 Å². The standard InChI is InChI=1S/C24H23N3O2S/c1-14-5-9-19(10-6-14)26-22(28)17(4)27-13-25-23-21(24(27)29)20(12-30-23)18-8-7-15(2)16(3)11-18/h5-13,17H,1-4H3,(H,26,28). The first-order valence-corrected chi connectivity index (χ1v) is 10.7. The zero-order valence-corrected chi connectivity index (χ0v) is 18.2. The highest BCUT2D eigenvalue weighted by Gasteiger charge is 2.20. The van der Waals surface area contributed by atoms with Crippen LogP contribution in [0.2, 0.25) is 0 Å². The van der Waals surface area contributed by atoms with E-state index in [4.69, 9.17) is 0 Å². The van der Waals surface area contributed by atoms with E-state index in [0.717, 1.165) is 16.7 Å². The smallest absolute Gasteiger partial charge is 0.263 e. The zero-order chi connectivity index (χ0) is 21.4. The van der Waals surface area contributed by atoms with Gasteiger partial charge >= 0.3 is 0 Å². The molecule has 0 saturated heterocycles. The van der Waals surface area contributed by atoms with Crippen molar-refractivity contribution in [1.29, 1.82) is 0 Å². The highest BCUT2D eigenvalue weighted by molar-refractivity contribution is 7.17. The third-order valence-corrected chi connectivity index (χ3v) is 6.34. The van der Waals surface area contributed by atoms with Crippen molar-refractivity contribution in [3.05, 3.63) is 81.2 Å². The van der Waals surface area contributed by atoms with Crippen LogP contribution in [0.25, 0.3) is 21.3 Å². The summed E-state index contributed by atoms with van der Waals surface area (Å²) in [4.78, 5) is 31.2. The van der Waals surface area contributed by atoms with Gasteiger partial charge in [0.25, 0.3) is 5.56 Å². The van der Waals surface area contributed by atoms with E-state index in [1.165, 1.54) is 33.4 Å². The van der Waals surface area contributed by atoms with Crippen LogP contribution < -0.4 is 10.9 Å². The highest BCUT2D eigenvalue weighted by atomic mass is 32.1. The van der Waals surface area contributed by atoms with Crippen molar-refractivity contribution < 1.29 is 4.79 Å². The summed E-state index contributed by atoms with van der Waals surface area (Å²) in [6.07, 6.45) is 1.46. The van der Waals surface area contributed by atoms with E-state index < -0.39 is 6.04 Å². The largest absolute Gasteiger partial charge is 0.324 e. The summed E-state index contributed by atoms with van der Waals surface area (Å²) in [7, 11) is 0. The maximum absolute atomic E-state index is 13.3. The second-order valence-electron chi connectivity index (χ2n) is 7.62. The molecule has 152 valence electrons. The molecule has 2 heterocycles. The summed E-state index contributed by atoms with van der Waals surface area (Å²) < 4.78 is 1.41. The summed E-state index contributed by atoms with van der Waals surface area (Å²) in [5.74, 6) is -0.259. The maximum Gasteiger partial charge on any atom is 0.263 e. The Hall–Kier alpha value is -3.25. The lowest BCUT2D eigenvalue weighted by molar-refractivity contribution is -0.118. The molecular formula is C24H23N3O2S. The van der Waals surface area contributed by atoms with Crippen molar-refractivity contribution in [3.63, 3.8) is 0 Å². The summed E-state index contributed by atoms with van der Waals surface area (Å²) >= 11 is 1.44. The van der Waals surface area contributed by atoms with Gasteiger partial charge < -0.3 is 5.32 Å². The average molecular weight is 418 g/mol. The molecule has 4 aromatic rings. The molecule has 5 nitrogen and oxygen atoms in total. The van der Waals surface area contributed by atoms with Gasteiger partial charge in [-0.3, -0.25) is 14.2 Å². The molecule has 4 rings (SSSR count). The first-order valence-electron chi connectivity index (χ1n) is 9.78. The molecule has 0 radical (unpaired) electrons. The Balaban J connectivity index is 1.72. The molecule has 2 aromatic carbocycles. The fraction of sp³-hybridized carbons (Fsp3) is 0.208. The van der Waals surface area contributed by atoms with Gasteiger partial charge in [-0.15, -0.1) is 11.3 Å². The topological polar surface area (TPSA) is 64.0 Å². The molecule has 1 atom stereocenters. The number of rotatable bonds is 4. The van der Waals surface area contributed by atoms with E-state index in [1.807, 2.05) is 42.6 Å². The number of nitrogens with one attached hydrogen (secondary N) is 1. The molecule has 0 aliphatic rings. The van der Waals surface area contributed by atoms with E-state index in [9.17, 15) is 9.59 Å². The van der Waals surface area contributed by atoms with Crippen LogP contribution >= 0.6 is 11.3 Å². The SMILES string of the molecule is Cc1ccc(NC(=O)C(C)n2cnc3scc(-c4ccc(C)c(C)c4)c3c2=O)cc1. The van der Waals surface area contributed by atoms with Crippen LogP contribution in [0.4, 0.5) is 5.69 Å². The number of benzene rings is 2. The third kappa shape index (κ3) is 3.66. The zero-order valence-electron chi connectivity index (χ0n) is 17.4. The van der Waals surface area contributed by atoms with E-state index in [-0.39, 0.29) is 11.5 Å². The third-order valence-electron chi connectivity index (χ3n) is 5.45. The molecule has 0 saturated carbocycles. The summed E-state index contributed by atoms with van der Waals surface area (Å²) in [6.45, 7) is 7.82. The Kier molecular flexibility index (Phi) is 5.26. The second-order valence-corrected chi connectivity index (χ2v) is 8.47. The number of aryl methyl sites for hydroxylation is 3. The number of aromatic nitrogens is 2. The molecule has 2 aromatic heterocycles. The molecular weight excluding hydrogens is 394 g/mol. The normalized spacial score (nSPS) is 12.1. The van der Waals surface area contributed by atoms with Crippen LogP contribution in [-0.4, -0.2) is 15.5 Å². The Morgan fingerprint density at radius 3 is 2.50 bits per heavy atom. The first kappa shape index (κ1) is 20.0. The number of fused-ring (bicyclic) bond motifs is 1. The van der Waals surface area contributed by atoms with Crippen molar-refractivity contribution in [3.8, 4) is 11.1 Å². The number of nitrogens with zero attached hydrogens (tertiary/aromatic N) is 2. The second kappa shape index (κ2) is 7.88. The minimum absolute atomic E-state index is 0.207. The maximum atomic E-state index is 13.3. The van der Waals surface area contributed by atoms with Crippen LogP contribution in [0.3, 0.4) is 0 Å². The van der Waals surface area contributed by atoms with Gasteiger partial charge in [0.2, 0.25) is 5.91 Å². The molecule has 1 unspecified atom stereocenters. The molecule has 6 heteroatoms. The van der Waals surface area contributed by atoms with Crippen molar-refractivity contribution in [2.24, 2.45) is 0 Å². The molecule has 1 N–H and O–H groups in total. The lowest BCUT2D eigenvalue weighted by atomic mass is 10.0. The number of thiophene rings is 1. The quantitative estimate of drug-likeness (QED) is 0.493. The fourth-order valence-corrected chi connectivity index (χ4v) is 4.26. The predicted molar refractivity (Wildman–Crippen MR) is 123 cm³/mol. The molecule has 0 aliphatic carbocycles. The number of hydrogen-bond acceptors (Lipinski definition) is 4. The predicted octanol–water partition coefficient (Wildman–Crippen LogP) is 5.25. The van der Waals surface area contributed by atoms with Gasteiger partial charge in [-0.2, -0.15) is 0 Å². The minimum atomic E-state index is -0.691. The molecule has 0 spiro atoms. The Morgan fingerprint density at radius 1 is 1.07 bits per heavy atom. The van der Waals surface area contributed by atoms with Crippen molar-refractivity contribution in [2.45, 2.75) is 33.7 Å². The molecule has 0 bridgehead atoms. The first-order chi connectivity index (χ1) is 14.3. The van der Waals surface area contributed by atoms with Gasteiger partial charge in [-0.25, -0.2) is 4.98 Å². The molecule has 0 fully saturated rings.